The number of nitrogens with zero attached hydrogens (tertiary/aromatic N) is 3. The van der Waals surface area contributed by atoms with Crippen molar-refractivity contribution in [3.8, 4) is 0 Å². The first kappa shape index (κ1) is 30.4. The number of hydrogen-bond acceptors (Lipinski definition) is 5. The van der Waals surface area contributed by atoms with Gasteiger partial charge in [0.1, 0.15) is 0 Å². The second kappa shape index (κ2) is 12.5. The van der Waals surface area contributed by atoms with Crippen LogP contribution in [0.2, 0.25) is 5.02 Å². The number of carbonyl (C=O) groups is 3. The Kier molecular flexibility index (Phi) is 9.28. The first-order chi connectivity index (χ1) is 19.4. The van der Waals surface area contributed by atoms with Crippen LogP contribution in [-0.4, -0.2) is 78.0 Å². The number of ether oxygens (including phenoxy) is 1. The summed E-state index contributed by atoms with van der Waals surface area (Å²) >= 11 is 5.96. The minimum atomic E-state index is -4.52. The number of hydrogen-bond donors (Lipinski definition) is 1. The second-order valence-corrected chi connectivity index (χ2v) is 10.4. The normalized spacial score (nSPS) is 20.2. The van der Waals surface area contributed by atoms with Gasteiger partial charge in [0, 0.05) is 55.0 Å². The Labute approximate surface area is 241 Å². The maximum Gasteiger partial charge on any atom is 0.416 e. The Morgan fingerprint density at radius 1 is 1.05 bits per heavy atom. The summed E-state index contributed by atoms with van der Waals surface area (Å²) in [4.78, 5) is 44.9. The summed E-state index contributed by atoms with van der Waals surface area (Å²) in [6.07, 6.45) is -4.52. The van der Waals surface area contributed by atoms with E-state index in [2.05, 4.69) is 10.2 Å². The van der Waals surface area contributed by atoms with E-state index in [4.69, 9.17) is 16.3 Å². The average Bonchev–Trinajstić information content (AvgIpc) is 2.93. The van der Waals surface area contributed by atoms with E-state index < -0.39 is 29.8 Å². The number of esters is 1. The van der Waals surface area contributed by atoms with Gasteiger partial charge in [-0.05, 0) is 62.7 Å². The molecule has 0 saturated carbocycles. The molecule has 0 aliphatic carbocycles. The zero-order valence-electron chi connectivity index (χ0n) is 23.0. The fourth-order valence-corrected chi connectivity index (χ4v) is 5.35. The minimum absolute atomic E-state index is 0.0813. The van der Waals surface area contributed by atoms with Crippen molar-refractivity contribution in [2.75, 3.05) is 39.3 Å². The van der Waals surface area contributed by atoms with Crippen LogP contribution in [-0.2, 0) is 15.7 Å². The summed E-state index contributed by atoms with van der Waals surface area (Å²) in [5.74, 6) is -0.773. The van der Waals surface area contributed by atoms with Crippen LogP contribution in [0.15, 0.2) is 59.8 Å². The Hall–Kier alpha value is -3.57. The number of halogens is 4. The summed E-state index contributed by atoms with van der Waals surface area (Å²) in [6, 6.07) is 9.43. The van der Waals surface area contributed by atoms with Crippen LogP contribution in [0.3, 0.4) is 0 Å². The molecule has 0 radical (unpaired) electrons. The van der Waals surface area contributed by atoms with E-state index in [1.165, 1.54) is 17.0 Å². The molecule has 2 atom stereocenters. The molecule has 2 heterocycles. The van der Waals surface area contributed by atoms with E-state index >= 15 is 0 Å². The maximum atomic E-state index is 13.3. The van der Waals surface area contributed by atoms with Gasteiger partial charge in [-0.15, -0.1) is 0 Å². The monoisotopic (exact) mass is 592 g/mol. The molecular weight excluding hydrogens is 561 g/mol. The van der Waals surface area contributed by atoms with E-state index in [9.17, 15) is 27.6 Å². The van der Waals surface area contributed by atoms with Crippen LogP contribution in [0.25, 0.3) is 0 Å². The Bertz CT molecular complexity index is 1310. The fourth-order valence-electron chi connectivity index (χ4n) is 5.22. The topological polar surface area (TPSA) is 82.2 Å². The number of rotatable bonds is 7. The fraction of sp³-hybridized carbons (Fsp3) is 0.414. The predicted octanol–water partition coefficient (Wildman–Crippen LogP) is 5.11. The number of urea groups is 1. The largest absolute Gasteiger partial charge is 0.463 e. The average molecular weight is 593 g/mol. The highest BCUT2D eigenvalue weighted by Gasteiger charge is 2.40. The number of piperazine rings is 1. The van der Waals surface area contributed by atoms with Crippen molar-refractivity contribution in [1.82, 2.24) is 20.0 Å². The smallest absolute Gasteiger partial charge is 0.416 e. The molecule has 0 spiro atoms. The molecule has 3 amide bonds. The van der Waals surface area contributed by atoms with Gasteiger partial charge < -0.3 is 15.0 Å². The van der Waals surface area contributed by atoms with Gasteiger partial charge >= 0.3 is 18.2 Å². The lowest BCUT2D eigenvalue weighted by Gasteiger charge is -2.43. The van der Waals surface area contributed by atoms with E-state index in [1.54, 1.807) is 43.0 Å². The van der Waals surface area contributed by atoms with Gasteiger partial charge in [0.25, 0.3) is 5.91 Å². The first-order valence-corrected chi connectivity index (χ1v) is 13.8. The Morgan fingerprint density at radius 2 is 1.71 bits per heavy atom. The van der Waals surface area contributed by atoms with Crippen LogP contribution in [0.4, 0.5) is 18.0 Å². The third-order valence-electron chi connectivity index (χ3n) is 7.26. The van der Waals surface area contributed by atoms with E-state index in [0.717, 1.165) is 12.1 Å². The molecule has 2 aliphatic rings. The second-order valence-electron chi connectivity index (χ2n) is 9.92. The van der Waals surface area contributed by atoms with Gasteiger partial charge in [0.2, 0.25) is 0 Å². The molecule has 2 aromatic rings. The molecule has 8 nitrogen and oxygen atoms in total. The lowest BCUT2D eigenvalue weighted by Crippen LogP contribution is -2.56. The molecule has 1 N–H and O–H groups in total. The number of nitrogens with one attached hydrogen (secondary N) is 1. The van der Waals surface area contributed by atoms with Crippen molar-refractivity contribution < 1.29 is 32.3 Å². The van der Waals surface area contributed by atoms with E-state index in [1.807, 2.05) is 6.92 Å². The zero-order valence-corrected chi connectivity index (χ0v) is 23.8. The molecule has 2 aromatic carbocycles. The third-order valence-corrected chi connectivity index (χ3v) is 7.51. The molecule has 0 unspecified atom stereocenters. The Balaban J connectivity index is 1.63. The molecule has 0 bridgehead atoms. The van der Waals surface area contributed by atoms with E-state index in [-0.39, 0.29) is 37.2 Å². The lowest BCUT2D eigenvalue weighted by atomic mass is 9.93. The van der Waals surface area contributed by atoms with E-state index in [0.29, 0.717) is 41.5 Å². The number of carbonyl (C=O) groups excluding carboxylic acids is 3. The highest BCUT2D eigenvalue weighted by Crippen LogP contribution is 2.35. The van der Waals surface area contributed by atoms with Crippen LogP contribution < -0.4 is 5.32 Å². The summed E-state index contributed by atoms with van der Waals surface area (Å²) in [6.45, 7) is 7.28. The molecular formula is C29H32ClF3N4O4. The molecule has 0 aromatic heterocycles. The SMILES string of the molecule is CCOC(=O)C1=C(CN2CCN(C(=O)c3ccc(Cl)cc3)[C@H](C)C2)N(CC)C(=O)N[C@H]1c1ccc(C(F)(F)F)cc1. The number of alkyl halides is 3. The van der Waals surface area contributed by atoms with Gasteiger partial charge in [-0.1, -0.05) is 23.7 Å². The summed E-state index contributed by atoms with van der Waals surface area (Å²) in [5.41, 5.74) is 0.613. The molecule has 220 valence electrons. The van der Waals surface area contributed by atoms with Gasteiger partial charge in [0.05, 0.1) is 23.8 Å². The minimum Gasteiger partial charge on any atom is -0.463 e. The van der Waals surface area contributed by atoms with Crippen LogP contribution in [0, 0.1) is 0 Å². The van der Waals surface area contributed by atoms with Crippen molar-refractivity contribution in [1.29, 1.82) is 0 Å². The number of benzene rings is 2. The highest BCUT2D eigenvalue weighted by atomic mass is 35.5. The lowest BCUT2D eigenvalue weighted by molar-refractivity contribution is -0.139. The van der Waals surface area contributed by atoms with Crippen molar-refractivity contribution in [2.24, 2.45) is 0 Å². The number of likely N-dealkylation sites (N-methyl/N-ethyl adjacent to an activating group) is 1. The summed E-state index contributed by atoms with van der Waals surface area (Å²) in [7, 11) is 0. The quantitative estimate of drug-likeness (QED) is 0.452. The third kappa shape index (κ3) is 6.68. The molecule has 2 aliphatic heterocycles. The van der Waals surface area contributed by atoms with Crippen molar-refractivity contribution in [2.45, 2.75) is 39.0 Å². The van der Waals surface area contributed by atoms with Gasteiger partial charge in [0.15, 0.2) is 0 Å². The van der Waals surface area contributed by atoms with Gasteiger partial charge in [-0.2, -0.15) is 13.2 Å². The summed E-state index contributed by atoms with van der Waals surface area (Å²) < 4.78 is 44.9. The van der Waals surface area contributed by atoms with Crippen molar-refractivity contribution >= 4 is 29.5 Å². The Morgan fingerprint density at radius 3 is 2.27 bits per heavy atom. The van der Waals surface area contributed by atoms with Crippen LogP contribution >= 0.6 is 11.6 Å². The van der Waals surface area contributed by atoms with Gasteiger partial charge in [-0.3, -0.25) is 14.6 Å². The molecule has 12 heteroatoms. The standard InChI is InChI=1S/C29H32ClF3N4O4/c1-4-36-23(17-35-14-15-37(18(3)16-35)26(38)20-8-12-22(30)13-9-20)24(27(39)41-5-2)25(34-28(36)40)19-6-10-21(11-7-19)29(31,32)33/h6-13,18,25H,4-5,14-17H2,1-3H3,(H,34,40)/t18-,25+/m1/s1. The first-order valence-electron chi connectivity index (χ1n) is 13.4. The highest BCUT2D eigenvalue weighted by molar-refractivity contribution is 6.30. The number of amides is 3. The maximum absolute atomic E-state index is 13.3. The van der Waals surface area contributed by atoms with Crippen molar-refractivity contribution in [3.05, 3.63) is 81.5 Å². The van der Waals surface area contributed by atoms with Crippen LogP contribution in [0.1, 0.15) is 48.3 Å². The molecule has 1 fully saturated rings. The summed E-state index contributed by atoms with van der Waals surface area (Å²) in [5, 5.41) is 3.31. The van der Waals surface area contributed by atoms with Crippen molar-refractivity contribution in [3.63, 3.8) is 0 Å². The molecule has 4 rings (SSSR count). The predicted molar refractivity (Wildman–Crippen MR) is 147 cm³/mol. The molecule has 1 saturated heterocycles. The van der Waals surface area contributed by atoms with Gasteiger partial charge in [-0.25, -0.2) is 9.59 Å². The van der Waals surface area contributed by atoms with Crippen LogP contribution in [0.5, 0.6) is 0 Å². The zero-order chi connectivity index (χ0) is 29.9. The molecule has 41 heavy (non-hydrogen) atoms.